The number of para-hydroxylation sites is 1. The number of amides is 3. The molecule has 2 aliphatic rings. The lowest BCUT2D eigenvalue weighted by Crippen LogP contribution is -2.50. The van der Waals surface area contributed by atoms with Gasteiger partial charge in [-0.2, -0.15) is 0 Å². The van der Waals surface area contributed by atoms with Crippen LogP contribution in [0.2, 0.25) is 0 Å². The summed E-state index contributed by atoms with van der Waals surface area (Å²) in [6, 6.07) is 12.6. The Balaban J connectivity index is 1.41. The topological polar surface area (TPSA) is 97.0 Å². The molecule has 4 rings (SSSR count). The van der Waals surface area contributed by atoms with Gasteiger partial charge >= 0.3 is 0 Å². The molecule has 0 spiro atoms. The van der Waals surface area contributed by atoms with E-state index in [1.165, 1.54) is 18.9 Å². The van der Waals surface area contributed by atoms with E-state index in [4.69, 9.17) is 9.47 Å². The number of hydrogen-bond donors (Lipinski definition) is 2. The minimum atomic E-state index is -0.849. The van der Waals surface area contributed by atoms with Crippen LogP contribution in [0, 0.1) is 5.92 Å². The fourth-order valence-corrected chi connectivity index (χ4v) is 5.00. The third-order valence-corrected chi connectivity index (χ3v) is 6.87. The van der Waals surface area contributed by atoms with E-state index in [0.717, 1.165) is 10.6 Å². The lowest BCUT2D eigenvalue weighted by atomic mass is 9.96. The van der Waals surface area contributed by atoms with Gasteiger partial charge in [-0.3, -0.25) is 14.4 Å². The van der Waals surface area contributed by atoms with E-state index in [-0.39, 0.29) is 30.2 Å². The number of rotatable bonds is 5. The Bertz CT molecular complexity index is 1040. The SMILES string of the molecule is COc1ccc(NC(=O)[C@@H]2CCCN(C(=O)[C@H]3Sc4ccccc4NC3=O)C2)cc1OC. The number of anilines is 2. The van der Waals surface area contributed by atoms with Crippen molar-refractivity contribution in [3.8, 4) is 11.5 Å². The Morgan fingerprint density at radius 2 is 1.91 bits per heavy atom. The van der Waals surface area contributed by atoms with E-state index >= 15 is 0 Å². The first-order valence-electron chi connectivity index (χ1n) is 10.4. The molecule has 8 nitrogen and oxygen atoms in total. The highest BCUT2D eigenvalue weighted by molar-refractivity contribution is 8.01. The monoisotopic (exact) mass is 455 g/mol. The van der Waals surface area contributed by atoms with Crippen LogP contribution in [0.3, 0.4) is 0 Å². The standard InChI is InChI=1S/C23H25N3O5S/c1-30-17-10-9-15(12-18(17)31-2)24-21(27)14-6-5-11-26(13-14)23(29)20-22(28)25-16-7-3-4-8-19(16)32-20/h3-4,7-10,12,14,20H,5-6,11,13H2,1-2H3,(H,24,27)(H,25,28)/t14-,20+/m1/s1. The van der Waals surface area contributed by atoms with E-state index < -0.39 is 5.25 Å². The Kier molecular flexibility index (Phi) is 6.55. The van der Waals surface area contributed by atoms with Crippen LogP contribution in [0.4, 0.5) is 11.4 Å². The molecular formula is C23H25N3O5S. The van der Waals surface area contributed by atoms with Crippen LogP contribution in [0.1, 0.15) is 12.8 Å². The molecule has 1 saturated heterocycles. The summed E-state index contributed by atoms with van der Waals surface area (Å²) in [5, 5.41) is 4.86. The van der Waals surface area contributed by atoms with Crippen LogP contribution in [0.25, 0.3) is 0 Å². The van der Waals surface area contributed by atoms with Crippen molar-refractivity contribution in [2.24, 2.45) is 5.92 Å². The third kappa shape index (κ3) is 4.52. The summed E-state index contributed by atoms with van der Waals surface area (Å²) in [4.78, 5) is 41.1. The summed E-state index contributed by atoms with van der Waals surface area (Å²) >= 11 is 1.26. The molecule has 2 aromatic carbocycles. The molecule has 0 aromatic heterocycles. The van der Waals surface area contributed by atoms with Gasteiger partial charge in [-0.15, -0.1) is 11.8 Å². The van der Waals surface area contributed by atoms with Crippen LogP contribution >= 0.6 is 11.8 Å². The smallest absolute Gasteiger partial charge is 0.247 e. The minimum absolute atomic E-state index is 0.166. The van der Waals surface area contributed by atoms with E-state index in [2.05, 4.69) is 10.6 Å². The average Bonchev–Trinajstić information content (AvgIpc) is 2.83. The number of likely N-dealkylation sites (tertiary alicyclic amines) is 1. The number of fused-ring (bicyclic) bond motifs is 1. The Morgan fingerprint density at radius 1 is 1.12 bits per heavy atom. The van der Waals surface area contributed by atoms with Crippen molar-refractivity contribution in [2.45, 2.75) is 23.0 Å². The number of benzene rings is 2. The highest BCUT2D eigenvalue weighted by atomic mass is 32.2. The molecule has 168 valence electrons. The molecule has 3 amide bonds. The molecule has 2 aromatic rings. The molecule has 2 N–H and O–H groups in total. The number of carbonyl (C=O) groups excluding carboxylic acids is 3. The van der Waals surface area contributed by atoms with Crippen LogP contribution in [0.15, 0.2) is 47.4 Å². The maximum absolute atomic E-state index is 13.1. The van der Waals surface area contributed by atoms with E-state index in [1.807, 2.05) is 24.3 Å². The summed E-state index contributed by atoms with van der Waals surface area (Å²) in [6.45, 7) is 0.814. The van der Waals surface area contributed by atoms with Crippen molar-refractivity contribution in [1.29, 1.82) is 0 Å². The summed E-state index contributed by atoms with van der Waals surface area (Å²) in [5.41, 5.74) is 1.31. The van der Waals surface area contributed by atoms with Gasteiger partial charge in [0.1, 0.15) is 0 Å². The maximum atomic E-state index is 13.1. The van der Waals surface area contributed by atoms with Crippen molar-refractivity contribution in [3.63, 3.8) is 0 Å². The lowest BCUT2D eigenvalue weighted by molar-refractivity contribution is -0.136. The summed E-state index contributed by atoms with van der Waals surface area (Å²) in [6.07, 6.45) is 1.38. The lowest BCUT2D eigenvalue weighted by Gasteiger charge is -2.35. The molecule has 2 atom stereocenters. The molecular weight excluding hydrogens is 430 g/mol. The molecule has 0 aliphatic carbocycles. The number of hydrogen-bond acceptors (Lipinski definition) is 6. The molecule has 0 radical (unpaired) electrons. The van der Waals surface area contributed by atoms with Gasteiger partial charge in [-0.1, -0.05) is 12.1 Å². The van der Waals surface area contributed by atoms with E-state index in [0.29, 0.717) is 36.6 Å². The second-order valence-corrected chi connectivity index (χ2v) is 8.81. The molecule has 9 heteroatoms. The highest BCUT2D eigenvalue weighted by Crippen LogP contribution is 2.36. The summed E-state index contributed by atoms with van der Waals surface area (Å²) < 4.78 is 10.5. The number of thioether (sulfide) groups is 1. The van der Waals surface area contributed by atoms with Crippen molar-refractivity contribution in [2.75, 3.05) is 37.9 Å². The second kappa shape index (κ2) is 9.52. The minimum Gasteiger partial charge on any atom is -0.493 e. The Morgan fingerprint density at radius 3 is 2.69 bits per heavy atom. The molecule has 0 saturated carbocycles. The van der Waals surface area contributed by atoms with Crippen LogP contribution in [-0.4, -0.2) is 55.2 Å². The van der Waals surface area contributed by atoms with Crippen LogP contribution < -0.4 is 20.1 Å². The predicted molar refractivity (Wildman–Crippen MR) is 122 cm³/mol. The quantitative estimate of drug-likeness (QED) is 0.673. The number of piperidine rings is 1. The first kappa shape index (κ1) is 22.0. The third-order valence-electron chi connectivity index (χ3n) is 5.61. The first-order valence-corrected chi connectivity index (χ1v) is 11.3. The van der Waals surface area contributed by atoms with Crippen LogP contribution in [0.5, 0.6) is 11.5 Å². The van der Waals surface area contributed by atoms with E-state index in [9.17, 15) is 14.4 Å². The fraction of sp³-hybridized carbons (Fsp3) is 0.348. The van der Waals surface area contributed by atoms with Gasteiger partial charge in [0.15, 0.2) is 16.7 Å². The van der Waals surface area contributed by atoms with Crippen molar-refractivity contribution in [1.82, 2.24) is 4.90 Å². The maximum Gasteiger partial charge on any atom is 0.247 e. The average molecular weight is 456 g/mol. The summed E-state index contributed by atoms with van der Waals surface area (Å²) in [5.74, 6) is -0.0112. The van der Waals surface area contributed by atoms with Crippen molar-refractivity contribution < 1.29 is 23.9 Å². The molecule has 1 fully saturated rings. The van der Waals surface area contributed by atoms with Gasteiger partial charge in [-0.05, 0) is 37.1 Å². The van der Waals surface area contributed by atoms with Gasteiger partial charge in [0.2, 0.25) is 17.7 Å². The number of carbonyl (C=O) groups is 3. The van der Waals surface area contributed by atoms with Gasteiger partial charge in [-0.25, -0.2) is 0 Å². The van der Waals surface area contributed by atoms with Gasteiger partial charge in [0.25, 0.3) is 0 Å². The van der Waals surface area contributed by atoms with E-state index in [1.54, 1.807) is 30.2 Å². The summed E-state index contributed by atoms with van der Waals surface area (Å²) in [7, 11) is 3.08. The first-order chi connectivity index (χ1) is 15.5. The Hall–Kier alpha value is -3.20. The molecule has 32 heavy (non-hydrogen) atoms. The van der Waals surface area contributed by atoms with Crippen LogP contribution in [-0.2, 0) is 14.4 Å². The molecule has 0 unspecified atom stereocenters. The fourth-order valence-electron chi connectivity index (χ4n) is 3.93. The Labute approximate surface area is 190 Å². The second-order valence-electron chi connectivity index (χ2n) is 7.67. The van der Waals surface area contributed by atoms with Crippen molar-refractivity contribution >= 4 is 40.9 Å². The molecule has 2 aliphatic heterocycles. The predicted octanol–water partition coefficient (Wildman–Crippen LogP) is 2.99. The zero-order valence-electron chi connectivity index (χ0n) is 17.9. The number of methoxy groups -OCH3 is 2. The number of ether oxygens (including phenoxy) is 2. The molecule has 2 heterocycles. The largest absolute Gasteiger partial charge is 0.493 e. The number of nitrogens with one attached hydrogen (secondary N) is 2. The van der Waals surface area contributed by atoms with Crippen molar-refractivity contribution in [3.05, 3.63) is 42.5 Å². The molecule has 0 bridgehead atoms. The zero-order valence-corrected chi connectivity index (χ0v) is 18.7. The van der Waals surface area contributed by atoms with Gasteiger partial charge in [0.05, 0.1) is 25.8 Å². The zero-order chi connectivity index (χ0) is 22.7. The van der Waals surface area contributed by atoms with Gasteiger partial charge in [0, 0.05) is 29.7 Å². The van der Waals surface area contributed by atoms with Gasteiger partial charge < -0.3 is 25.0 Å². The highest BCUT2D eigenvalue weighted by Gasteiger charge is 2.38. The normalized spacial score (nSPS) is 20.1. The number of nitrogens with zero attached hydrogens (tertiary/aromatic N) is 1.